The van der Waals surface area contributed by atoms with Crippen LogP contribution in [-0.2, 0) is 0 Å². The van der Waals surface area contributed by atoms with Crippen LogP contribution in [-0.4, -0.2) is 30.8 Å². The highest BCUT2D eigenvalue weighted by atomic mass is 19.3. The topological polar surface area (TPSA) is 58.6 Å². The normalized spacial score (nSPS) is 21.5. The molecule has 1 fully saturated rings. The van der Waals surface area contributed by atoms with Crippen molar-refractivity contribution >= 4 is 5.91 Å². The van der Waals surface area contributed by atoms with Gasteiger partial charge < -0.3 is 15.2 Å². The maximum atomic E-state index is 12.1. The third-order valence-electron chi connectivity index (χ3n) is 3.90. The van der Waals surface area contributed by atoms with Gasteiger partial charge in [0.1, 0.15) is 5.75 Å². The van der Waals surface area contributed by atoms with Crippen LogP contribution < -0.4 is 10.1 Å². The first kappa shape index (κ1) is 15.7. The molecule has 1 aliphatic rings. The summed E-state index contributed by atoms with van der Waals surface area (Å²) in [6.07, 6.45) is 3.03. The zero-order chi connectivity index (χ0) is 15.2. The Morgan fingerprint density at radius 2 is 2.14 bits per heavy atom. The SMILES string of the molecule is O=C(NCC1CCCC1CO)c1cccc(OC(F)F)c1. The van der Waals surface area contributed by atoms with Crippen molar-refractivity contribution < 1.29 is 23.4 Å². The number of nitrogens with one attached hydrogen (secondary N) is 1. The molecule has 0 saturated heterocycles. The maximum absolute atomic E-state index is 12.1. The number of aliphatic hydroxyl groups is 1. The Kier molecular flexibility index (Phi) is 5.50. The number of hydrogen-bond acceptors (Lipinski definition) is 3. The second kappa shape index (κ2) is 7.36. The van der Waals surface area contributed by atoms with Gasteiger partial charge in [-0.05, 0) is 42.9 Å². The highest BCUT2D eigenvalue weighted by Crippen LogP contribution is 2.30. The van der Waals surface area contributed by atoms with Crippen molar-refractivity contribution in [3.05, 3.63) is 29.8 Å². The number of carbonyl (C=O) groups is 1. The lowest BCUT2D eigenvalue weighted by molar-refractivity contribution is -0.0498. The van der Waals surface area contributed by atoms with Gasteiger partial charge in [-0.25, -0.2) is 0 Å². The van der Waals surface area contributed by atoms with Gasteiger partial charge in [0.15, 0.2) is 0 Å². The maximum Gasteiger partial charge on any atom is 0.387 e. The summed E-state index contributed by atoms with van der Waals surface area (Å²) in [6.45, 7) is -2.28. The molecule has 1 saturated carbocycles. The van der Waals surface area contributed by atoms with Crippen molar-refractivity contribution in [2.75, 3.05) is 13.2 Å². The molecular weight excluding hydrogens is 280 g/mol. The number of carbonyl (C=O) groups excluding carboxylic acids is 1. The van der Waals surface area contributed by atoms with Crippen LogP contribution in [0.15, 0.2) is 24.3 Å². The number of aliphatic hydroxyl groups excluding tert-OH is 1. The fourth-order valence-electron chi connectivity index (χ4n) is 2.76. The average molecular weight is 299 g/mol. The van der Waals surface area contributed by atoms with E-state index in [4.69, 9.17) is 0 Å². The van der Waals surface area contributed by atoms with Crippen molar-refractivity contribution in [2.45, 2.75) is 25.9 Å². The molecule has 6 heteroatoms. The first-order chi connectivity index (χ1) is 10.1. The Hall–Kier alpha value is -1.69. The zero-order valence-electron chi connectivity index (χ0n) is 11.6. The number of benzene rings is 1. The van der Waals surface area contributed by atoms with Gasteiger partial charge in [0.05, 0.1) is 0 Å². The summed E-state index contributed by atoms with van der Waals surface area (Å²) in [4.78, 5) is 12.0. The summed E-state index contributed by atoms with van der Waals surface area (Å²) in [5.41, 5.74) is 0.284. The number of hydrogen-bond donors (Lipinski definition) is 2. The molecule has 0 bridgehead atoms. The van der Waals surface area contributed by atoms with Crippen LogP contribution in [0.4, 0.5) is 8.78 Å². The van der Waals surface area contributed by atoms with Gasteiger partial charge in [0, 0.05) is 18.7 Å². The summed E-state index contributed by atoms with van der Waals surface area (Å²) in [5, 5.41) is 12.0. The van der Waals surface area contributed by atoms with Gasteiger partial charge in [0.25, 0.3) is 5.91 Å². The summed E-state index contributed by atoms with van der Waals surface area (Å²) in [5.74, 6) is 0.156. The quantitative estimate of drug-likeness (QED) is 0.848. The van der Waals surface area contributed by atoms with Crippen LogP contribution >= 0.6 is 0 Å². The second-order valence-corrected chi connectivity index (χ2v) is 5.25. The van der Waals surface area contributed by atoms with Gasteiger partial charge >= 0.3 is 6.61 Å². The lowest BCUT2D eigenvalue weighted by atomic mass is 9.97. The average Bonchev–Trinajstić information content (AvgIpc) is 2.91. The van der Waals surface area contributed by atoms with Crippen LogP contribution in [0, 0.1) is 11.8 Å². The van der Waals surface area contributed by atoms with Gasteiger partial charge in [-0.2, -0.15) is 8.78 Å². The van der Waals surface area contributed by atoms with Crippen LogP contribution in [0.5, 0.6) is 5.75 Å². The lowest BCUT2D eigenvalue weighted by Gasteiger charge is -2.17. The minimum absolute atomic E-state index is 0.0354. The van der Waals surface area contributed by atoms with E-state index in [0.29, 0.717) is 6.54 Å². The molecular formula is C15H19F2NO3. The number of rotatable bonds is 6. The molecule has 2 N–H and O–H groups in total. The van der Waals surface area contributed by atoms with Crippen LogP contribution in [0.25, 0.3) is 0 Å². The molecule has 1 amide bonds. The molecule has 1 aromatic rings. The van der Waals surface area contributed by atoms with E-state index in [2.05, 4.69) is 10.1 Å². The van der Waals surface area contributed by atoms with E-state index in [0.717, 1.165) is 19.3 Å². The van der Waals surface area contributed by atoms with Gasteiger partial charge in [-0.15, -0.1) is 0 Å². The molecule has 2 atom stereocenters. The second-order valence-electron chi connectivity index (χ2n) is 5.25. The summed E-state index contributed by atoms with van der Waals surface area (Å²) in [6, 6.07) is 5.71. The van der Waals surface area contributed by atoms with E-state index in [1.807, 2.05) is 0 Å². The van der Waals surface area contributed by atoms with E-state index >= 15 is 0 Å². The molecule has 1 aliphatic carbocycles. The summed E-state index contributed by atoms with van der Waals surface area (Å²) in [7, 11) is 0. The first-order valence-corrected chi connectivity index (χ1v) is 7.04. The van der Waals surface area contributed by atoms with Gasteiger partial charge in [-0.3, -0.25) is 4.79 Å². The molecule has 0 heterocycles. The monoisotopic (exact) mass is 299 g/mol. The third kappa shape index (κ3) is 4.39. The first-order valence-electron chi connectivity index (χ1n) is 7.04. The van der Waals surface area contributed by atoms with Crippen LogP contribution in [0.1, 0.15) is 29.6 Å². The third-order valence-corrected chi connectivity index (χ3v) is 3.90. The molecule has 0 aliphatic heterocycles. The predicted molar refractivity (Wildman–Crippen MR) is 73.3 cm³/mol. The fourth-order valence-corrected chi connectivity index (χ4v) is 2.76. The molecule has 2 rings (SSSR count). The van der Waals surface area contributed by atoms with E-state index in [1.54, 1.807) is 6.07 Å². The summed E-state index contributed by atoms with van der Waals surface area (Å²) >= 11 is 0. The van der Waals surface area contributed by atoms with Crippen molar-refractivity contribution in [1.82, 2.24) is 5.32 Å². The van der Waals surface area contributed by atoms with Gasteiger partial charge in [-0.1, -0.05) is 12.5 Å². The molecule has 21 heavy (non-hydrogen) atoms. The molecule has 4 nitrogen and oxygen atoms in total. The lowest BCUT2D eigenvalue weighted by Crippen LogP contribution is -2.31. The molecule has 0 radical (unpaired) electrons. The Bertz CT molecular complexity index is 482. The Morgan fingerprint density at radius 1 is 1.38 bits per heavy atom. The van der Waals surface area contributed by atoms with E-state index in [9.17, 15) is 18.7 Å². The predicted octanol–water partition coefficient (Wildman–Crippen LogP) is 2.43. The number of ether oxygens (including phenoxy) is 1. The Balaban J connectivity index is 1.91. The number of halogens is 2. The van der Waals surface area contributed by atoms with Gasteiger partial charge in [0.2, 0.25) is 0 Å². The van der Waals surface area contributed by atoms with E-state index in [-0.39, 0.29) is 35.7 Å². The smallest absolute Gasteiger partial charge is 0.387 e. The van der Waals surface area contributed by atoms with Crippen LogP contribution in [0.2, 0.25) is 0 Å². The molecule has 116 valence electrons. The largest absolute Gasteiger partial charge is 0.435 e. The van der Waals surface area contributed by atoms with Crippen molar-refractivity contribution in [3.63, 3.8) is 0 Å². The molecule has 2 unspecified atom stereocenters. The highest BCUT2D eigenvalue weighted by molar-refractivity contribution is 5.94. The van der Waals surface area contributed by atoms with Crippen molar-refractivity contribution in [3.8, 4) is 5.75 Å². The number of amides is 1. The van der Waals surface area contributed by atoms with Crippen molar-refractivity contribution in [1.29, 1.82) is 0 Å². The minimum Gasteiger partial charge on any atom is -0.435 e. The highest BCUT2D eigenvalue weighted by Gasteiger charge is 2.26. The van der Waals surface area contributed by atoms with E-state index < -0.39 is 6.61 Å². The van der Waals surface area contributed by atoms with Crippen molar-refractivity contribution in [2.24, 2.45) is 11.8 Å². The number of alkyl halides is 2. The minimum atomic E-state index is -2.91. The molecule has 1 aromatic carbocycles. The molecule has 0 spiro atoms. The summed E-state index contributed by atoms with van der Waals surface area (Å²) < 4.78 is 28.6. The Morgan fingerprint density at radius 3 is 2.86 bits per heavy atom. The van der Waals surface area contributed by atoms with E-state index in [1.165, 1.54) is 18.2 Å². The molecule has 0 aromatic heterocycles. The van der Waals surface area contributed by atoms with Crippen LogP contribution in [0.3, 0.4) is 0 Å². The Labute approximate surface area is 122 Å². The standard InChI is InChI=1S/C15H19F2NO3/c16-15(17)21-13-6-2-3-10(7-13)14(20)18-8-11-4-1-5-12(11)9-19/h2-3,6-7,11-12,15,19H,1,4-5,8-9H2,(H,18,20). The zero-order valence-corrected chi connectivity index (χ0v) is 11.6. The fraction of sp³-hybridized carbons (Fsp3) is 0.533.